The van der Waals surface area contributed by atoms with Crippen molar-refractivity contribution in [2.45, 2.75) is 39.2 Å². The van der Waals surface area contributed by atoms with Gasteiger partial charge in [0.2, 0.25) is 0 Å². The predicted molar refractivity (Wildman–Crippen MR) is 90.5 cm³/mol. The normalized spacial score (nSPS) is 25.3. The minimum absolute atomic E-state index is 0.148. The maximum Gasteiger partial charge on any atom is 0.254 e. The highest BCUT2D eigenvalue weighted by Gasteiger charge is 2.36. The summed E-state index contributed by atoms with van der Waals surface area (Å²) in [7, 11) is 0. The number of halogens is 1. The molecule has 3 fully saturated rings. The molecule has 120 valence electrons. The molecule has 4 rings (SSSR count). The van der Waals surface area contributed by atoms with Gasteiger partial charge in [-0.3, -0.25) is 9.69 Å². The van der Waals surface area contributed by atoms with Gasteiger partial charge in [0.15, 0.2) is 0 Å². The first-order valence-electron chi connectivity index (χ1n) is 8.38. The number of hydrogen-bond acceptors (Lipinski definition) is 2. The third kappa shape index (κ3) is 3.02. The van der Waals surface area contributed by atoms with Crippen molar-refractivity contribution in [2.75, 3.05) is 26.2 Å². The number of carbonyl (C=O) groups is 1. The van der Waals surface area contributed by atoms with Crippen LogP contribution in [-0.2, 0) is 0 Å². The van der Waals surface area contributed by atoms with Crippen LogP contribution in [0.4, 0.5) is 0 Å². The van der Waals surface area contributed by atoms with E-state index in [4.69, 9.17) is 11.6 Å². The molecule has 0 radical (unpaired) electrons. The molecule has 3 nitrogen and oxygen atoms in total. The number of amides is 1. The van der Waals surface area contributed by atoms with Gasteiger partial charge in [0.1, 0.15) is 0 Å². The molecule has 0 aliphatic carbocycles. The molecular weight excluding hydrogens is 296 g/mol. The third-order valence-corrected chi connectivity index (χ3v) is 5.53. The molecule has 1 aromatic rings. The van der Waals surface area contributed by atoms with Crippen molar-refractivity contribution in [3.8, 4) is 0 Å². The minimum Gasteiger partial charge on any atom is -0.337 e. The summed E-state index contributed by atoms with van der Waals surface area (Å²) in [6.07, 6.45) is 3.66. The number of rotatable bonds is 3. The maximum atomic E-state index is 13.0. The summed E-state index contributed by atoms with van der Waals surface area (Å²) in [4.78, 5) is 17.6. The standard InChI is InChI=1S/C18H25ClN2O/c1-3-9-20-10-14-7-8-15(20)12-21(11-14)18(22)16-5-4-6-17(19)13(16)2/h4-6,14-15H,3,7-12H2,1-2H3/t14-,15-/m0/s1. The SMILES string of the molecule is CCCN1C[C@@H]2CC[C@H]1CN(C(=O)c1cccc(Cl)c1C)C2. The van der Waals surface area contributed by atoms with Gasteiger partial charge in [-0.1, -0.05) is 24.6 Å². The summed E-state index contributed by atoms with van der Waals surface area (Å²) >= 11 is 6.18. The van der Waals surface area contributed by atoms with Crippen LogP contribution in [0.25, 0.3) is 0 Å². The summed E-state index contributed by atoms with van der Waals surface area (Å²) < 4.78 is 0. The molecule has 0 unspecified atom stereocenters. The molecule has 1 aromatic carbocycles. The van der Waals surface area contributed by atoms with Crippen LogP contribution in [0.1, 0.15) is 42.1 Å². The number of hydrogen-bond donors (Lipinski definition) is 0. The molecular formula is C18H25ClN2O. The summed E-state index contributed by atoms with van der Waals surface area (Å²) in [5.41, 5.74) is 1.66. The van der Waals surface area contributed by atoms with Gasteiger partial charge in [0, 0.05) is 36.3 Å². The molecule has 22 heavy (non-hydrogen) atoms. The first-order valence-corrected chi connectivity index (χ1v) is 8.76. The highest BCUT2D eigenvalue weighted by molar-refractivity contribution is 6.31. The van der Waals surface area contributed by atoms with Gasteiger partial charge in [-0.15, -0.1) is 0 Å². The summed E-state index contributed by atoms with van der Waals surface area (Å²) in [5.74, 6) is 0.768. The van der Waals surface area contributed by atoms with E-state index in [2.05, 4.69) is 16.7 Å². The summed E-state index contributed by atoms with van der Waals surface area (Å²) in [6, 6.07) is 6.16. The van der Waals surface area contributed by atoms with Crippen molar-refractivity contribution in [2.24, 2.45) is 5.92 Å². The van der Waals surface area contributed by atoms with E-state index in [9.17, 15) is 4.79 Å². The predicted octanol–water partition coefficient (Wildman–Crippen LogP) is 3.59. The number of fused-ring (bicyclic) bond motifs is 4. The zero-order valence-electron chi connectivity index (χ0n) is 13.5. The van der Waals surface area contributed by atoms with E-state index in [0.717, 1.165) is 37.3 Å². The maximum absolute atomic E-state index is 13.0. The second-order valence-corrected chi connectivity index (χ2v) is 7.12. The zero-order chi connectivity index (χ0) is 15.7. The Bertz CT molecular complexity index is 560. The highest BCUT2D eigenvalue weighted by atomic mass is 35.5. The fraction of sp³-hybridized carbons (Fsp3) is 0.611. The van der Waals surface area contributed by atoms with Crippen LogP contribution in [0.2, 0.25) is 5.02 Å². The molecule has 3 aliphatic rings. The number of carbonyl (C=O) groups excluding carboxylic acids is 1. The molecule has 2 bridgehead atoms. The molecule has 3 saturated heterocycles. The van der Waals surface area contributed by atoms with Crippen LogP contribution in [0.3, 0.4) is 0 Å². The van der Waals surface area contributed by atoms with Crippen molar-refractivity contribution >= 4 is 17.5 Å². The van der Waals surface area contributed by atoms with Crippen LogP contribution < -0.4 is 0 Å². The molecule has 3 aliphatic heterocycles. The first-order chi connectivity index (χ1) is 10.6. The van der Waals surface area contributed by atoms with E-state index in [1.54, 1.807) is 0 Å². The fourth-order valence-electron chi connectivity index (χ4n) is 3.92. The summed E-state index contributed by atoms with van der Waals surface area (Å²) in [6.45, 7) is 8.22. The Kier molecular flexibility index (Phi) is 4.74. The van der Waals surface area contributed by atoms with Gasteiger partial charge in [-0.25, -0.2) is 0 Å². The van der Waals surface area contributed by atoms with Crippen molar-refractivity contribution in [1.29, 1.82) is 0 Å². The lowest BCUT2D eigenvalue weighted by Crippen LogP contribution is -2.44. The lowest BCUT2D eigenvalue weighted by atomic mass is 9.95. The highest BCUT2D eigenvalue weighted by Crippen LogP contribution is 2.29. The Balaban J connectivity index is 1.81. The van der Waals surface area contributed by atoms with Crippen LogP contribution in [0, 0.1) is 12.8 Å². The van der Waals surface area contributed by atoms with Gasteiger partial charge < -0.3 is 4.90 Å². The Hall–Kier alpha value is -1.06. The molecule has 0 N–H and O–H groups in total. The third-order valence-electron chi connectivity index (χ3n) is 5.12. The Labute approximate surface area is 138 Å². The van der Waals surface area contributed by atoms with E-state index in [1.165, 1.54) is 19.3 Å². The zero-order valence-corrected chi connectivity index (χ0v) is 14.3. The second kappa shape index (κ2) is 6.59. The minimum atomic E-state index is 0.148. The molecule has 4 heteroatoms. The Morgan fingerprint density at radius 1 is 1.27 bits per heavy atom. The van der Waals surface area contributed by atoms with E-state index in [-0.39, 0.29) is 5.91 Å². The van der Waals surface area contributed by atoms with Gasteiger partial charge >= 0.3 is 0 Å². The Morgan fingerprint density at radius 2 is 2.09 bits per heavy atom. The van der Waals surface area contributed by atoms with Gasteiger partial charge in [-0.05, 0) is 56.3 Å². The summed E-state index contributed by atoms with van der Waals surface area (Å²) in [5, 5.41) is 0.677. The van der Waals surface area contributed by atoms with Gasteiger partial charge in [0.05, 0.1) is 0 Å². The van der Waals surface area contributed by atoms with Crippen molar-refractivity contribution in [3.05, 3.63) is 34.3 Å². The lowest BCUT2D eigenvalue weighted by Gasteiger charge is -2.35. The first kappa shape index (κ1) is 15.8. The second-order valence-electron chi connectivity index (χ2n) is 6.71. The molecule has 1 amide bonds. The van der Waals surface area contributed by atoms with E-state index >= 15 is 0 Å². The average molecular weight is 321 g/mol. The number of benzene rings is 1. The molecule has 3 heterocycles. The Morgan fingerprint density at radius 3 is 2.86 bits per heavy atom. The number of piperidine rings is 1. The van der Waals surface area contributed by atoms with Crippen LogP contribution in [0.15, 0.2) is 18.2 Å². The monoisotopic (exact) mass is 320 g/mol. The van der Waals surface area contributed by atoms with Crippen LogP contribution >= 0.6 is 11.6 Å². The van der Waals surface area contributed by atoms with E-state index < -0.39 is 0 Å². The van der Waals surface area contributed by atoms with Crippen LogP contribution in [-0.4, -0.2) is 47.9 Å². The van der Waals surface area contributed by atoms with Gasteiger partial charge in [-0.2, -0.15) is 0 Å². The van der Waals surface area contributed by atoms with E-state index in [1.807, 2.05) is 25.1 Å². The average Bonchev–Trinajstić information content (AvgIpc) is 2.81. The fourth-order valence-corrected chi connectivity index (χ4v) is 4.09. The van der Waals surface area contributed by atoms with Crippen molar-refractivity contribution in [3.63, 3.8) is 0 Å². The topological polar surface area (TPSA) is 23.6 Å². The van der Waals surface area contributed by atoms with Crippen molar-refractivity contribution in [1.82, 2.24) is 9.80 Å². The van der Waals surface area contributed by atoms with Gasteiger partial charge in [0.25, 0.3) is 5.91 Å². The van der Waals surface area contributed by atoms with Crippen LogP contribution in [0.5, 0.6) is 0 Å². The molecule has 0 spiro atoms. The van der Waals surface area contributed by atoms with E-state index in [0.29, 0.717) is 17.0 Å². The lowest BCUT2D eigenvalue weighted by molar-refractivity contribution is 0.0737. The van der Waals surface area contributed by atoms with Crippen molar-refractivity contribution < 1.29 is 4.79 Å². The smallest absolute Gasteiger partial charge is 0.254 e. The number of nitrogens with zero attached hydrogens (tertiary/aromatic N) is 2. The molecule has 0 aromatic heterocycles. The quantitative estimate of drug-likeness (QED) is 0.849. The molecule has 0 saturated carbocycles. The largest absolute Gasteiger partial charge is 0.337 e. The molecule has 2 atom stereocenters.